The molecule has 1 aliphatic heterocycles. The van der Waals surface area contributed by atoms with Gasteiger partial charge in [-0.05, 0) is 39.3 Å². The van der Waals surface area contributed by atoms with E-state index < -0.39 is 5.60 Å². The van der Waals surface area contributed by atoms with E-state index >= 15 is 0 Å². The second-order valence-corrected chi connectivity index (χ2v) is 7.34. The zero-order chi connectivity index (χ0) is 19.2. The molecule has 0 radical (unpaired) electrons. The highest BCUT2D eigenvalue weighted by atomic mass is 16.6. The number of amides is 2. The van der Waals surface area contributed by atoms with Gasteiger partial charge in [-0.15, -0.1) is 0 Å². The van der Waals surface area contributed by atoms with Gasteiger partial charge in [-0.1, -0.05) is 12.1 Å². The molecule has 7 heteroatoms. The van der Waals surface area contributed by atoms with Gasteiger partial charge in [0.15, 0.2) is 0 Å². The van der Waals surface area contributed by atoms with Gasteiger partial charge in [0.1, 0.15) is 11.4 Å². The molecule has 0 spiro atoms. The van der Waals surface area contributed by atoms with Crippen LogP contribution < -0.4 is 10.5 Å². The second kappa shape index (κ2) is 8.78. The molecule has 0 bridgehead atoms. The first-order valence-electron chi connectivity index (χ1n) is 8.99. The normalized spacial score (nSPS) is 14.9. The first-order valence-corrected chi connectivity index (χ1v) is 8.99. The minimum Gasteiger partial charge on any atom is -0.491 e. The third kappa shape index (κ3) is 6.13. The lowest BCUT2D eigenvalue weighted by Gasteiger charge is -2.35. The largest absolute Gasteiger partial charge is 0.491 e. The van der Waals surface area contributed by atoms with E-state index in [0.29, 0.717) is 57.1 Å². The van der Waals surface area contributed by atoms with Crippen molar-refractivity contribution < 1.29 is 19.1 Å². The van der Waals surface area contributed by atoms with E-state index in [2.05, 4.69) is 0 Å². The Kier molecular flexibility index (Phi) is 6.71. The van der Waals surface area contributed by atoms with E-state index in [1.807, 2.05) is 39.0 Å². The molecule has 0 aromatic heterocycles. The fraction of sp³-hybridized carbons (Fsp3) is 0.579. The number of piperazine rings is 1. The Morgan fingerprint density at radius 2 is 1.69 bits per heavy atom. The van der Waals surface area contributed by atoms with Crippen LogP contribution in [-0.2, 0) is 9.53 Å². The molecule has 1 saturated heterocycles. The van der Waals surface area contributed by atoms with Crippen LogP contribution in [0.4, 0.5) is 10.5 Å². The Morgan fingerprint density at radius 3 is 2.31 bits per heavy atom. The molecule has 26 heavy (non-hydrogen) atoms. The van der Waals surface area contributed by atoms with Crippen molar-refractivity contribution in [1.29, 1.82) is 0 Å². The monoisotopic (exact) mass is 363 g/mol. The van der Waals surface area contributed by atoms with Crippen molar-refractivity contribution in [2.24, 2.45) is 0 Å². The Bertz CT molecular complexity index is 619. The Hall–Kier alpha value is -2.44. The number of para-hydroxylation sites is 2. The van der Waals surface area contributed by atoms with Crippen LogP contribution in [0.25, 0.3) is 0 Å². The van der Waals surface area contributed by atoms with Gasteiger partial charge in [0, 0.05) is 32.6 Å². The van der Waals surface area contributed by atoms with Gasteiger partial charge >= 0.3 is 6.09 Å². The topological polar surface area (TPSA) is 85.1 Å². The minimum atomic E-state index is -0.508. The summed E-state index contributed by atoms with van der Waals surface area (Å²) in [6, 6.07) is 7.31. The predicted octanol–water partition coefficient (Wildman–Crippen LogP) is 2.51. The average molecular weight is 363 g/mol. The number of hydrogen-bond donors (Lipinski definition) is 1. The number of ether oxygens (including phenoxy) is 2. The molecule has 0 aliphatic carbocycles. The quantitative estimate of drug-likeness (QED) is 0.642. The SMILES string of the molecule is CC(C)(C)OC(=O)N1CCN(C(=O)CCCOc2ccccc2N)CC1. The number of carbonyl (C=O) groups excluding carboxylic acids is 2. The van der Waals surface area contributed by atoms with Gasteiger partial charge < -0.3 is 25.0 Å². The molecule has 1 heterocycles. The average Bonchev–Trinajstić information content (AvgIpc) is 2.58. The molecule has 1 aliphatic rings. The molecule has 0 unspecified atom stereocenters. The maximum Gasteiger partial charge on any atom is 0.410 e. The first-order chi connectivity index (χ1) is 12.3. The number of carbonyl (C=O) groups is 2. The van der Waals surface area contributed by atoms with Crippen molar-refractivity contribution in [2.45, 2.75) is 39.2 Å². The number of nitrogens with zero attached hydrogens (tertiary/aromatic N) is 2. The Morgan fingerprint density at radius 1 is 1.08 bits per heavy atom. The summed E-state index contributed by atoms with van der Waals surface area (Å²) in [5.41, 5.74) is 5.90. The van der Waals surface area contributed by atoms with Crippen LogP contribution in [0.2, 0.25) is 0 Å². The first kappa shape index (κ1) is 19.9. The zero-order valence-corrected chi connectivity index (χ0v) is 15.9. The van der Waals surface area contributed by atoms with Gasteiger partial charge in [-0.3, -0.25) is 4.79 Å². The third-order valence-corrected chi connectivity index (χ3v) is 4.00. The van der Waals surface area contributed by atoms with Crippen LogP contribution in [0.5, 0.6) is 5.75 Å². The highest BCUT2D eigenvalue weighted by molar-refractivity contribution is 5.76. The molecule has 1 fully saturated rings. The number of hydrogen-bond acceptors (Lipinski definition) is 5. The van der Waals surface area contributed by atoms with E-state index in [1.54, 1.807) is 15.9 Å². The standard InChI is InChI=1S/C19H29N3O4/c1-19(2,3)26-18(24)22-12-10-21(11-13-22)17(23)9-6-14-25-16-8-5-4-7-15(16)20/h4-5,7-8H,6,9-14,20H2,1-3H3. The van der Waals surface area contributed by atoms with Crippen molar-refractivity contribution in [1.82, 2.24) is 9.80 Å². The molecule has 0 saturated carbocycles. The van der Waals surface area contributed by atoms with Crippen molar-refractivity contribution in [3.05, 3.63) is 24.3 Å². The minimum absolute atomic E-state index is 0.0819. The summed E-state index contributed by atoms with van der Waals surface area (Å²) in [6.07, 6.45) is 0.719. The van der Waals surface area contributed by atoms with E-state index in [0.717, 1.165) is 0 Å². The van der Waals surface area contributed by atoms with Crippen molar-refractivity contribution >= 4 is 17.7 Å². The zero-order valence-electron chi connectivity index (χ0n) is 15.9. The number of nitrogens with two attached hydrogens (primary N) is 1. The Balaban J connectivity index is 1.67. The summed E-state index contributed by atoms with van der Waals surface area (Å²) >= 11 is 0. The van der Waals surface area contributed by atoms with Crippen molar-refractivity contribution in [2.75, 3.05) is 38.5 Å². The number of anilines is 1. The molecule has 2 rings (SSSR count). The molecule has 1 aromatic carbocycles. The van der Waals surface area contributed by atoms with Crippen LogP contribution in [0, 0.1) is 0 Å². The lowest BCUT2D eigenvalue weighted by Crippen LogP contribution is -2.51. The molecule has 1 aromatic rings. The van der Waals surface area contributed by atoms with E-state index in [-0.39, 0.29) is 12.0 Å². The van der Waals surface area contributed by atoms with Crippen LogP contribution in [-0.4, -0.2) is 60.2 Å². The maximum absolute atomic E-state index is 12.3. The maximum atomic E-state index is 12.3. The van der Waals surface area contributed by atoms with Gasteiger partial charge in [0.25, 0.3) is 0 Å². The molecule has 144 valence electrons. The highest BCUT2D eigenvalue weighted by Crippen LogP contribution is 2.20. The van der Waals surface area contributed by atoms with Crippen LogP contribution in [0.15, 0.2) is 24.3 Å². The smallest absolute Gasteiger partial charge is 0.410 e. The molecule has 2 amide bonds. The highest BCUT2D eigenvalue weighted by Gasteiger charge is 2.27. The van der Waals surface area contributed by atoms with Gasteiger partial charge in [0.05, 0.1) is 12.3 Å². The third-order valence-electron chi connectivity index (χ3n) is 4.00. The summed E-state index contributed by atoms with van der Waals surface area (Å²) in [6.45, 7) is 8.03. The van der Waals surface area contributed by atoms with E-state index in [1.165, 1.54) is 0 Å². The van der Waals surface area contributed by atoms with Gasteiger partial charge in [-0.2, -0.15) is 0 Å². The molecule has 7 nitrogen and oxygen atoms in total. The Labute approximate surface area is 155 Å². The summed E-state index contributed by atoms with van der Waals surface area (Å²) in [4.78, 5) is 27.8. The fourth-order valence-corrected chi connectivity index (χ4v) is 2.64. The second-order valence-electron chi connectivity index (χ2n) is 7.34. The summed E-state index contributed by atoms with van der Waals surface area (Å²) in [7, 11) is 0. The lowest BCUT2D eigenvalue weighted by atomic mass is 10.2. The summed E-state index contributed by atoms with van der Waals surface area (Å²) in [5.74, 6) is 0.726. The van der Waals surface area contributed by atoms with Crippen molar-refractivity contribution in [3.63, 3.8) is 0 Å². The lowest BCUT2D eigenvalue weighted by molar-refractivity contribution is -0.133. The molecule has 0 atom stereocenters. The van der Waals surface area contributed by atoms with Gasteiger partial charge in [0.2, 0.25) is 5.91 Å². The van der Waals surface area contributed by atoms with Gasteiger partial charge in [-0.25, -0.2) is 4.79 Å². The summed E-state index contributed by atoms with van der Waals surface area (Å²) < 4.78 is 11.0. The molecule has 2 N–H and O–H groups in total. The van der Waals surface area contributed by atoms with Crippen LogP contribution in [0.3, 0.4) is 0 Å². The molecular formula is C19H29N3O4. The van der Waals surface area contributed by atoms with Crippen LogP contribution in [0.1, 0.15) is 33.6 Å². The van der Waals surface area contributed by atoms with Crippen LogP contribution >= 0.6 is 0 Å². The molecular weight excluding hydrogens is 334 g/mol. The number of nitrogen functional groups attached to an aromatic ring is 1. The van der Waals surface area contributed by atoms with E-state index in [4.69, 9.17) is 15.2 Å². The number of rotatable bonds is 5. The van der Waals surface area contributed by atoms with Crippen molar-refractivity contribution in [3.8, 4) is 5.75 Å². The van der Waals surface area contributed by atoms with E-state index in [9.17, 15) is 9.59 Å². The fourth-order valence-electron chi connectivity index (χ4n) is 2.64. The number of benzene rings is 1. The predicted molar refractivity (Wildman–Crippen MR) is 100.0 cm³/mol. The summed E-state index contributed by atoms with van der Waals surface area (Å²) in [5, 5.41) is 0.